The summed E-state index contributed by atoms with van der Waals surface area (Å²) >= 11 is 0. The van der Waals surface area contributed by atoms with Gasteiger partial charge in [0.05, 0.1) is 11.0 Å². The number of nitriles is 1. The topological polar surface area (TPSA) is 128 Å². The predicted octanol–water partition coefficient (Wildman–Crippen LogP) is 1.08. The number of sulfonamides is 1. The van der Waals surface area contributed by atoms with Crippen LogP contribution in [0.3, 0.4) is 0 Å². The number of alkyl halides is 3. The number of ether oxygens (including phenoxy) is 1. The first kappa shape index (κ1) is 20.0. The maximum Gasteiger partial charge on any atom is 0.573 e. The molecule has 1 aliphatic heterocycles. The average Bonchev–Trinajstić information content (AvgIpc) is 2.53. The van der Waals surface area contributed by atoms with Gasteiger partial charge in [-0.1, -0.05) is 0 Å². The zero-order valence-electron chi connectivity index (χ0n) is 13.0. The molecule has 1 aromatic rings. The molecule has 1 aromatic carbocycles. The lowest BCUT2D eigenvalue weighted by Crippen LogP contribution is -2.55. The molecule has 1 fully saturated rings. The van der Waals surface area contributed by atoms with E-state index in [4.69, 9.17) is 5.26 Å². The Kier molecular flexibility index (Phi) is 5.18. The Labute approximate surface area is 146 Å². The van der Waals surface area contributed by atoms with Gasteiger partial charge in [0, 0.05) is 19.4 Å². The summed E-state index contributed by atoms with van der Waals surface area (Å²) < 4.78 is 66.0. The highest BCUT2D eigenvalue weighted by molar-refractivity contribution is 7.89. The van der Waals surface area contributed by atoms with E-state index in [2.05, 4.69) is 4.74 Å². The fraction of sp³-hybridized carbons (Fsp3) is 0.429. The van der Waals surface area contributed by atoms with Gasteiger partial charge in [0.25, 0.3) is 0 Å². The number of rotatable bonds is 4. The van der Waals surface area contributed by atoms with Crippen LogP contribution < -0.4 is 4.74 Å². The molecule has 0 aliphatic carbocycles. The van der Waals surface area contributed by atoms with Crippen LogP contribution in [0.5, 0.6) is 5.75 Å². The van der Waals surface area contributed by atoms with Crippen molar-refractivity contribution in [3.05, 3.63) is 24.3 Å². The number of piperidine rings is 1. The number of carboxylic acids is 1. The molecule has 0 amide bonds. The predicted molar refractivity (Wildman–Crippen MR) is 78.2 cm³/mol. The second kappa shape index (κ2) is 6.75. The van der Waals surface area contributed by atoms with Gasteiger partial charge in [-0.25, -0.2) is 8.42 Å². The van der Waals surface area contributed by atoms with Crippen molar-refractivity contribution >= 4 is 16.0 Å². The van der Waals surface area contributed by atoms with Gasteiger partial charge in [-0.05, 0) is 24.3 Å². The van der Waals surface area contributed by atoms with E-state index in [-0.39, 0.29) is 6.42 Å². The summed E-state index contributed by atoms with van der Waals surface area (Å²) in [5, 5.41) is 28.1. The highest BCUT2D eigenvalue weighted by atomic mass is 32.2. The summed E-state index contributed by atoms with van der Waals surface area (Å²) in [4.78, 5) is 10.9. The number of carbonyl (C=O) groups is 1. The molecule has 8 nitrogen and oxygen atoms in total. The van der Waals surface area contributed by atoms with Crippen molar-refractivity contribution in [3.63, 3.8) is 0 Å². The van der Waals surface area contributed by atoms with E-state index in [9.17, 15) is 36.6 Å². The van der Waals surface area contributed by atoms with Crippen molar-refractivity contribution < 1.29 is 41.3 Å². The molecule has 12 heteroatoms. The molecule has 1 unspecified atom stereocenters. The third-order valence-electron chi connectivity index (χ3n) is 3.78. The number of carboxylic acid groups (broad SMARTS) is 1. The molecule has 1 saturated heterocycles. The van der Waals surface area contributed by atoms with Crippen LogP contribution in [0.25, 0.3) is 0 Å². The molecule has 142 valence electrons. The summed E-state index contributed by atoms with van der Waals surface area (Å²) in [6, 6.07) is 3.13. The van der Waals surface area contributed by atoms with Crippen molar-refractivity contribution in [2.45, 2.75) is 35.7 Å². The summed E-state index contributed by atoms with van der Waals surface area (Å²) in [5.41, 5.74) is -1.97. The molecule has 0 saturated carbocycles. The summed E-state index contributed by atoms with van der Waals surface area (Å²) in [6.07, 6.45) is -5.88. The molecular weight excluding hydrogens is 381 g/mol. The Balaban J connectivity index is 2.31. The molecular formula is C14H13F3N2O6S. The first-order chi connectivity index (χ1) is 11.9. The van der Waals surface area contributed by atoms with Crippen molar-refractivity contribution in [1.82, 2.24) is 4.31 Å². The van der Waals surface area contributed by atoms with Crippen LogP contribution in [0.4, 0.5) is 13.2 Å². The Bertz CT molecular complexity index is 834. The van der Waals surface area contributed by atoms with Crippen molar-refractivity contribution in [1.29, 1.82) is 5.26 Å². The number of halogens is 3. The number of aliphatic hydroxyl groups is 1. The quantitative estimate of drug-likeness (QED) is 0.731. The van der Waals surface area contributed by atoms with E-state index in [1.807, 2.05) is 0 Å². The van der Waals surface area contributed by atoms with Crippen LogP contribution in [-0.2, 0) is 14.8 Å². The number of hydrogen-bond acceptors (Lipinski definition) is 6. The first-order valence-electron chi connectivity index (χ1n) is 7.12. The zero-order valence-corrected chi connectivity index (χ0v) is 13.8. The lowest BCUT2D eigenvalue weighted by Gasteiger charge is -2.37. The van der Waals surface area contributed by atoms with Gasteiger partial charge in [-0.3, -0.25) is 4.79 Å². The molecule has 0 bridgehead atoms. The van der Waals surface area contributed by atoms with Crippen LogP contribution in [0, 0.1) is 11.3 Å². The molecule has 2 rings (SSSR count). The third-order valence-corrected chi connectivity index (χ3v) is 5.70. The summed E-state index contributed by atoms with van der Waals surface area (Å²) in [7, 11) is -4.38. The second-order valence-corrected chi connectivity index (χ2v) is 7.48. The SMILES string of the molecule is N#CC1(O)CCN(S(=O)(=O)c2ccc(OC(F)(F)F)cc2)[C@@H](C(=O)O)C1. The molecule has 0 aromatic heterocycles. The number of benzene rings is 1. The van der Waals surface area contributed by atoms with Crippen molar-refractivity contribution in [2.75, 3.05) is 6.54 Å². The van der Waals surface area contributed by atoms with Gasteiger partial charge in [0.2, 0.25) is 10.0 Å². The van der Waals surface area contributed by atoms with Crippen LogP contribution in [0.15, 0.2) is 29.2 Å². The maximum absolute atomic E-state index is 12.6. The minimum absolute atomic E-state index is 0.304. The molecule has 2 atom stereocenters. The highest BCUT2D eigenvalue weighted by Gasteiger charge is 2.46. The minimum Gasteiger partial charge on any atom is -0.480 e. The molecule has 1 aliphatic rings. The lowest BCUT2D eigenvalue weighted by atomic mass is 9.89. The van der Waals surface area contributed by atoms with E-state index in [1.54, 1.807) is 6.07 Å². The maximum atomic E-state index is 12.6. The molecule has 26 heavy (non-hydrogen) atoms. The largest absolute Gasteiger partial charge is 0.573 e. The Morgan fingerprint density at radius 3 is 2.38 bits per heavy atom. The van der Waals surface area contributed by atoms with E-state index < -0.39 is 57.6 Å². The second-order valence-electron chi connectivity index (χ2n) is 5.59. The fourth-order valence-electron chi connectivity index (χ4n) is 2.52. The number of nitrogens with zero attached hydrogens (tertiary/aromatic N) is 2. The van der Waals surface area contributed by atoms with E-state index in [0.29, 0.717) is 4.31 Å². The van der Waals surface area contributed by atoms with Gasteiger partial charge < -0.3 is 14.9 Å². The van der Waals surface area contributed by atoms with Crippen LogP contribution in [-0.4, -0.2) is 53.5 Å². The fourth-order valence-corrected chi connectivity index (χ4v) is 4.11. The summed E-state index contributed by atoms with van der Waals surface area (Å²) in [5.74, 6) is -2.19. The molecule has 0 radical (unpaired) electrons. The smallest absolute Gasteiger partial charge is 0.480 e. The van der Waals surface area contributed by atoms with Gasteiger partial charge in [-0.2, -0.15) is 9.57 Å². The average molecular weight is 394 g/mol. The summed E-state index contributed by atoms with van der Waals surface area (Å²) in [6.45, 7) is -0.440. The Morgan fingerprint density at radius 2 is 1.92 bits per heavy atom. The van der Waals surface area contributed by atoms with E-state index in [1.165, 1.54) is 0 Å². The Hall–Kier alpha value is -2.36. The van der Waals surface area contributed by atoms with Gasteiger partial charge in [0.1, 0.15) is 11.8 Å². The van der Waals surface area contributed by atoms with Crippen LogP contribution in [0.2, 0.25) is 0 Å². The molecule has 0 spiro atoms. The monoisotopic (exact) mass is 394 g/mol. The van der Waals surface area contributed by atoms with Gasteiger partial charge >= 0.3 is 12.3 Å². The minimum atomic E-state index is -4.94. The van der Waals surface area contributed by atoms with Gasteiger partial charge in [0.15, 0.2) is 5.60 Å². The van der Waals surface area contributed by atoms with E-state index in [0.717, 1.165) is 24.3 Å². The van der Waals surface area contributed by atoms with Crippen LogP contribution >= 0.6 is 0 Å². The highest BCUT2D eigenvalue weighted by Crippen LogP contribution is 2.32. The number of hydrogen-bond donors (Lipinski definition) is 2. The number of aliphatic carboxylic acids is 1. The van der Waals surface area contributed by atoms with Crippen LogP contribution in [0.1, 0.15) is 12.8 Å². The zero-order chi connectivity index (χ0) is 19.8. The third kappa shape index (κ3) is 4.24. The first-order valence-corrected chi connectivity index (χ1v) is 8.56. The van der Waals surface area contributed by atoms with Crippen molar-refractivity contribution in [3.8, 4) is 11.8 Å². The van der Waals surface area contributed by atoms with E-state index >= 15 is 0 Å². The standard InChI is InChI=1S/C14H13F3N2O6S/c15-14(16,17)25-9-1-3-10(4-2-9)26(23,24)19-6-5-13(22,8-18)7-11(19)12(20)21/h1-4,11,22H,5-7H2,(H,20,21)/t11-,13?/m1/s1. The van der Waals surface area contributed by atoms with Crippen molar-refractivity contribution in [2.24, 2.45) is 0 Å². The Morgan fingerprint density at radius 1 is 1.35 bits per heavy atom. The molecule has 2 N–H and O–H groups in total. The normalized spacial score (nSPS) is 24.7. The van der Waals surface area contributed by atoms with Gasteiger partial charge in [-0.15, -0.1) is 13.2 Å². The molecule has 1 heterocycles. The lowest BCUT2D eigenvalue weighted by molar-refractivity contribution is -0.274.